The quantitative estimate of drug-likeness (QED) is 0.661. The number of carbonyl (C=O) groups excluding carboxylic acids is 1. The third-order valence-corrected chi connectivity index (χ3v) is 7.60. The molecular formula is C23H28N4O3S. The van der Waals surface area contributed by atoms with E-state index in [-0.39, 0.29) is 24.0 Å². The lowest BCUT2D eigenvalue weighted by Crippen LogP contribution is -2.66. The Balaban J connectivity index is 1.62. The van der Waals surface area contributed by atoms with Crippen LogP contribution >= 0.6 is 11.3 Å². The second kappa shape index (κ2) is 7.62. The fraction of sp³-hybridized carbons (Fsp3) is 0.478. The monoisotopic (exact) mass is 440 g/mol. The van der Waals surface area contributed by atoms with Crippen LogP contribution in [0, 0.1) is 0 Å². The van der Waals surface area contributed by atoms with E-state index in [0.717, 1.165) is 41.6 Å². The summed E-state index contributed by atoms with van der Waals surface area (Å²) in [4.78, 5) is 21.6. The van der Waals surface area contributed by atoms with Crippen molar-refractivity contribution >= 4 is 28.1 Å². The maximum Gasteiger partial charge on any atom is 0.222 e. The molecule has 2 aliphatic heterocycles. The molecule has 0 bridgehead atoms. The van der Waals surface area contributed by atoms with Gasteiger partial charge in [-0.2, -0.15) is 0 Å². The molecule has 1 saturated heterocycles. The second-order valence-corrected chi connectivity index (χ2v) is 9.61. The Labute approximate surface area is 185 Å². The SMILES string of the molecule is CCC(=O)N1CC2(CN(Cc3nccs3)C2)c2c(n(C)c3cc(OC)ccc23)[C@H]1CO. The standard InChI is InChI=1S/C23H28N4O3S/c1-4-20(29)27-14-23(12-26(13-23)10-19-24-7-8-31-19)21-16-6-5-15(30-3)9-17(16)25(2)22(21)18(27)11-28/h5-9,18,28H,4,10-14H2,1-3H3/t18-/m1/s1. The van der Waals surface area contributed by atoms with Crippen LogP contribution in [0.5, 0.6) is 5.75 Å². The number of ether oxygens (including phenoxy) is 1. The summed E-state index contributed by atoms with van der Waals surface area (Å²) < 4.78 is 7.61. The van der Waals surface area contributed by atoms with Crippen molar-refractivity contribution in [3.63, 3.8) is 0 Å². The van der Waals surface area contributed by atoms with Crippen molar-refractivity contribution in [2.75, 3.05) is 33.4 Å². The summed E-state index contributed by atoms with van der Waals surface area (Å²) in [5.74, 6) is 0.894. The number of aromatic nitrogens is 2. The molecule has 1 fully saturated rings. The lowest BCUT2D eigenvalue weighted by atomic mass is 9.68. The minimum Gasteiger partial charge on any atom is -0.497 e. The lowest BCUT2D eigenvalue weighted by Gasteiger charge is -2.56. The number of fused-ring (bicyclic) bond motifs is 4. The number of amides is 1. The molecule has 1 aromatic carbocycles. The Morgan fingerprint density at radius 3 is 2.81 bits per heavy atom. The first-order valence-electron chi connectivity index (χ1n) is 10.7. The summed E-state index contributed by atoms with van der Waals surface area (Å²) in [7, 11) is 3.70. The normalized spacial score (nSPS) is 20.1. The highest BCUT2D eigenvalue weighted by Gasteiger charge is 2.54. The topological polar surface area (TPSA) is 70.8 Å². The number of hydrogen-bond donors (Lipinski definition) is 1. The van der Waals surface area contributed by atoms with Crippen LogP contribution in [0.2, 0.25) is 0 Å². The van der Waals surface area contributed by atoms with Gasteiger partial charge in [0.1, 0.15) is 10.8 Å². The molecule has 7 nitrogen and oxygen atoms in total. The number of carbonyl (C=O) groups is 1. The van der Waals surface area contributed by atoms with Crippen molar-refractivity contribution in [3.05, 3.63) is 46.0 Å². The van der Waals surface area contributed by atoms with Crippen LogP contribution in [-0.4, -0.2) is 63.7 Å². The van der Waals surface area contributed by atoms with E-state index >= 15 is 0 Å². The van der Waals surface area contributed by atoms with Crippen molar-refractivity contribution in [1.82, 2.24) is 19.4 Å². The molecule has 31 heavy (non-hydrogen) atoms. The molecule has 0 unspecified atom stereocenters. The first-order chi connectivity index (χ1) is 15.0. The van der Waals surface area contributed by atoms with Gasteiger partial charge in [-0.15, -0.1) is 11.3 Å². The minimum absolute atomic E-state index is 0.0844. The van der Waals surface area contributed by atoms with Gasteiger partial charge in [0.25, 0.3) is 0 Å². The van der Waals surface area contributed by atoms with Gasteiger partial charge in [0.05, 0.1) is 31.8 Å². The summed E-state index contributed by atoms with van der Waals surface area (Å²) in [6, 6.07) is 5.85. The van der Waals surface area contributed by atoms with Crippen LogP contribution in [0.3, 0.4) is 0 Å². The second-order valence-electron chi connectivity index (χ2n) is 8.63. The number of methoxy groups -OCH3 is 1. The molecule has 2 aromatic heterocycles. The highest BCUT2D eigenvalue weighted by Crippen LogP contribution is 2.50. The number of aliphatic hydroxyl groups excluding tert-OH is 1. The van der Waals surface area contributed by atoms with E-state index < -0.39 is 0 Å². The van der Waals surface area contributed by atoms with E-state index in [1.807, 2.05) is 42.6 Å². The third kappa shape index (κ3) is 3.08. The predicted molar refractivity (Wildman–Crippen MR) is 120 cm³/mol. The maximum atomic E-state index is 12.9. The number of thiazole rings is 1. The van der Waals surface area contributed by atoms with Gasteiger partial charge in [-0.25, -0.2) is 4.98 Å². The summed E-state index contributed by atoms with van der Waals surface area (Å²) in [6.45, 7) is 5.02. The van der Waals surface area contributed by atoms with Crippen LogP contribution in [0.4, 0.5) is 0 Å². The van der Waals surface area contributed by atoms with Gasteiger partial charge in [0.15, 0.2) is 0 Å². The minimum atomic E-state index is -0.329. The number of benzene rings is 1. The molecule has 0 radical (unpaired) electrons. The third-order valence-electron chi connectivity index (χ3n) is 6.84. The Bertz CT molecular complexity index is 1120. The van der Waals surface area contributed by atoms with Crippen molar-refractivity contribution in [2.45, 2.75) is 31.3 Å². The summed E-state index contributed by atoms with van der Waals surface area (Å²) in [5, 5.41) is 14.7. The zero-order chi connectivity index (χ0) is 21.8. The fourth-order valence-corrected chi connectivity index (χ4v) is 6.18. The maximum absolute atomic E-state index is 12.9. The lowest BCUT2D eigenvalue weighted by molar-refractivity contribution is -0.138. The Morgan fingerprint density at radius 1 is 1.35 bits per heavy atom. The molecule has 5 rings (SSSR count). The Kier molecular flexibility index (Phi) is 5.03. The zero-order valence-corrected chi connectivity index (χ0v) is 19.0. The van der Waals surface area contributed by atoms with Gasteiger partial charge in [-0.05, 0) is 17.7 Å². The van der Waals surface area contributed by atoms with Gasteiger partial charge >= 0.3 is 0 Å². The number of aryl methyl sites for hydroxylation is 1. The molecular weight excluding hydrogens is 412 g/mol. The average Bonchev–Trinajstić information content (AvgIpc) is 3.38. The largest absolute Gasteiger partial charge is 0.497 e. The molecule has 1 N–H and O–H groups in total. The van der Waals surface area contributed by atoms with Crippen LogP contribution in [0.1, 0.15) is 35.7 Å². The predicted octanol–water partition coefficient (Wildman–Crippen LogP) is 2.68. The van der Waals surface area contributed by atoms with Crippen molar-refractivity contribution in [1.29, 1.82) is 0 Å². The summed E-state index contributed by atoms with van der Waals surface area (Å²) in [5.41, 5.74) is 3.26. The first kappa shape index (κ1) is 20.5. The zero-order valence-electron chi connectivity index (χ0n) is 18.2. The van der Waals surface area contributed by atoms with E-state index in [2.05, 4.69) is 20.5 Å². The Morgan fingerprint density at radius 2 is 2.16 bits per heavy atom. The van der Waals surface area contributed by atoms with Gasteiger partial charge in [-0.1, -0.05) is 6.92 Å². The molecule has 0 saturated carbocycles. The van der Waals surface area contributed by atoms with Crippen LogP contribution in [0.15, 0.2) is 29.8 Å². The first-order valence-corrected chi connectivity index (χ1v) is 11.6. The van der Waals surface area contributed by atoms with E-state index in [4.69, 9.17) is 4.74 Å². The summed E-state index contributed by atoms with van der Waals surface area (Å²) >= 11 is 1.68. The molecule has 1 amide bonds. The number of rotatable bonds is 5. The average molecular weight is 441 g/mol. The fourth-order valence-electron chi connectivity index (χ4n) is 5.53. The smallest absolute Gasteiger partial charge is 0.222 e. The van der Waals surface area contributed by atoms with Crippen molar-refractivity contribution in [3.8, 4) is 5.75 Å². The van der Waals surface area contributed by atoms with Crippen molar-refractivity contribution in [2.24, 2.45) is 7.05 Å². The number of aliphatic hydroxyl groups is 1. The van der Waals surface area contributed by atoms with Gasteiger partial charge in [0, 0.05) is 67.2 Å². The van der Waals surface area contributed by atoms with Crippen LogP contribution in [0.25, 0.3) is 10.9 Å². The number of hydrogen-bond acceptors (Lipinski definition) is 6. The van der Waals surface area contributed by atoms with E-state index in [1.165, 1.54) is 10.9 Å². The van der Waals surface area contributed by atoms with Crippen LogP contribution < -0.4 is 4.74 Å². The molecule has 3 aromatic rings. The highest BCUT2D eigenvalue weighted by molar-refractivity contribution is 7.09. The molecule has 8 heteroatoms. The van der Waals surface area contributed by atoms with Gasteiger partial charge in [0.2, 0.25) is 5.91 Å². The van der Waals surface area contributed by atoms with Gasteiger partial charge < -0.3 is 19.3 Å². The molecule has 164 valence electrons. The summed E-state index contributed by atoms with van der Waals surface area (Å²) in [6.07, 6.45) is 2.28. The van der Waals surface area contributed by atoms with E-state index in [0.29, 0.717) is 13.0 Å². The van der Waals surface area contributed by atoms with Crippen molar-refractivity contribution < 1.29 is 14.6 Å². The molecule has 4 heterocycles. The van der Waals surface area contributed by atoms with E-state index in [1.54, 1.807) is 18.4 Å². The highest BCUT2D eigenvalue weighted by atomic mass is 32.1. The van der Waals surface area contributed by atoms with Gasteiger partial charge in [-0.3, -0.25) is 9.69 Å². The molecule has 1 atom stereocenters. The molecule has 0 aliphatic carbocycles. The number of nitrogens with zero attached hydrogens (tertiary/aromatic N) is 4. The Hall–Kier alpha value is -2.42. The van der Waals surface area contributed by atoms with Crippen LogP contribution in [-0.2, 0) is 23.8 Å². The molecule has 2 aliphatic rings. The van der Waals surface area contributed by atoms with E-state index in [9.17, 15) is 9.90 Å². The number of likely N-dealkylation sites (tertiary alicyclic amines) is 1. The molecule has 1 spiro atoms.